The summed E-state index contributed by atoms with van der Waals surface area (Å²) in [6, 6.07) is -0.316. The Morgan fingerprint density at radius 3 is 2.94 bits per heavy atom. The van der Waals surface area contributed by atoms with Crippen molar-refractivity contribution in [2.45, 2.75) is 0 Å². The summed E-state index contributed by atoms with van der Waals surface area (Å²) in [5.74, 6) is -0.0359. The number of aliphatic imine (C=N–C) groups is 1. The van der Waals surface area contributed by atoms with Crippen molar-refractivity contribution in [2.75, 3.05) is 38.7 Å². The Morgan fingerprint density at radius 2 is 2.31 bits per heavy atom. The third-order valence-electron chi connectivity index (χ3n) is 2.46. The number of hydrogen-bond acceptors (Lipinski definition) is 4. The van der Waals surface area contributed by atoms with Crippen molar-refractivity contribution < 1.29 is 14.3 Å². The van der Waals surface area contributed by atoms with Gasteiger partial charge in [-0.3, -0.25) is 9.69 Å². The topological polar surface area (TPSA) is 62.2 Å². The fourth-order valence-corrected chi connectivity index (χ4v) is 1.86. The van der Waals surface area contributed by atoms with E-state index in [4.69, 9.17) is 16.3 Å². The highest BCUT2D eigenvalue weighted by Gasteiger charge is 2.36. The predicted octanol–water partition coefficient (Wildman–Crippen LogP) is -0.0819. The molecular formula is C9H12ClN3O3. The molecule has 16 heavy (non-hydrogen) atoms. The molecule has 0 spiro atoms. The quantitative estimate of drug-likeness (QED) is 0.654. The maximum Gasteiger partial charge on any atom is 0.327 e. The molecule has 2 heterocycles. The van der Waals surface area contributed by atoms with Crippen LogP contribution in [0.25, 0.3) is 0 Å². The minimum atomic E-state index is -0.445. The maximum absolute atomic E-state index is 11.8. The molecule has 0 aromatic carbocycles. The minimum absolute atomic E-state index is 0.0427. The second kappa shape index (κ2) is 4.69. The number of carbonyl (C=O) groups excluding carboxylic acids is 2. The van der Waals surface area contributed by atoms with Crippen LogP contribution in [0, 0.1) is 0 Å². The van der Waals surface area contributed by atoms with E-state index in [9.17, 15) is 9.59 Å². The summed E-state index contributed by atoms with van der Waals surface area (Å²) in [4.78, 5) is 30.1. The van der Waals surface area contributed by atoms with Crippen LogP contribution in [0.4, 0.5) is 4.79 Å². The van der Waals surface area contributed by atoms with Crippen molar-refractivity contribution in [3.8, 4) is 0 Å². The van der Waals surface area contributed by atoms with Gasteiger partial charge in [-0.1, -0.05) is 0 Å². The van der Waals surface area contributed by atoms with Gasteiger partial charge >= 0.3 is 11.9 Å². The van der Waals surface area contributed by atoms with Gasteiger partial charge in [-0.25, -0.2) is 9.79 Å². The van der Waals surface area contributed by atoms with Crippen LogP contribution in [0.1, 0.15) is 0 Å². The Morgan fingerprint density at radius 1 is 1.50 bits per heavy atom. The first-order valence-electron chi connectivity index (χ1n) is 5.08. The summed E-state index contributed by atoms with van der Waals surface area (Å²) in [7, 11) is 0. The molecule has 0 aromatic heterocycles. The van der Waals surface area contributed by atoms with Gasteiger partial charge in [-0.2, -0.15) is 0 Å². The van der Waals surface area contributed by atoms with Crippen molar-refractivity contribution >= 4 is 29.4 Å². The average Bonchev–Trinajstić information content (AvgIpc) is 2.89. The Hall–Kier alpha value is -1.30. The first kappa shape index (κ1) is 11.2. The van der Waals surface area contributed by atoms with Gasteiger partial charge < -0.3 is 9.64 Å². The highest BCUT2D eigenvalue weighted by Crippen LogP contribution is 2.11. The van der Waals surface area contributed by atoms with E-state index in [0.717, 1.165) is 4.90 Å². The van der Waals surface area contributed by atoms with Crippen LogP contribution in [0.3, 0.4) is 0 Å². The van der Waals surface area contributed by atoms with Crippen LogP contribution in [0.2, 0.25) is 0 Å². The molecule has 3 amide bonds. The summed E-state index contributed by atoms with van der Waals surface area (Å²) in [6.45, 7) is 2.24. The summed E-state index contributed by atoms with van der Waals surface area (Å²) >= 11 is 5.56. The SMILES string of the molecule is O=C(C1=NCCO1)N1CCN(CCCl)C1=O. The van der Waals surface area contributed by atoms with Gasteiger partial charge in [-0.15, -0.1) is 11.6 Å². The second-order valence-corrected chi connectivity index (χ2v) is 3.83. The normalized spacial score (nSPS) is 20.1. The van der Waals surface area contributed by atoms with E-state index in [-0.39, 0.29) is 11.9 Å². The van der Waals surface area contributed by atoms with E-state index in [1.54, 1.807) is 4.90 Å². The fourth-order valence-electron chi connectivity index (χ4n) is 1.66. The van der Waals surface area contributed by atoms with Crippen molar-refractivity contribution in [1.29, 1.82) is 0 Å². The Bertz CT molecular complexity index is 345. The zero-order valence-corrected chi connectivity index (χ0v) is 9.44. The average molecular weight is 246 g/mol. The largest absolute Gasteiger partial charge is 0.472 e. The third-order valence-corrected chi connectivity index (χ3v) is 2.63. The fraction of sp³-hybridized carbons (Fsp3) is 0.667. The summed E-state index contributed by atoms with van der Waals surface area (Å²) in [6.07, 6.45) is 0. The number of urea groups is 1. The minimum Gasteiger partial charge on any atom is -0.472 e. The van der Waals surface area contributed by atoms with Crippen LogP contribution in [-0.4, -0.2) is 66.3 Å². The van der Waals surface area contributed by atoms with Gasteiger partial charge in [-0.05, 0) is 0 Å². The Balaban J connectivity index is 2.01. The summed E-state index contributed by atoms with van der Waals surface area (Å²) in [5, 5.41) is 0. The molecule has 88 valence electrons. The van der Waals surface area contributed by atoms with Crippen molar-refractivity contribution in [3.63, 3.8) is 0 Å². The summed E-state index contributed by atoms with van der Waals surface area (Å²) in [5.41, 5.74) is 0. The molecule has 2 rings (SSSR count). The van der Waals surface area contributed by atoms with Crippen molar-refractivity contribution in [2.24, 2.45) is 4.99 Å². The van der Waals surface area contributed by atoms with E-state index in [0.29, 0.717) is 38.7 Å². The zero-order chi connectivity index (χ0) is 11.5. The van der Waals surface area contributed by atoms with E-state index < -0.39 is 5.91 Å². The Labute approximate surface area is 97.8 Å². The lowest BCUT2D eigenvalue weighted by Crippen LogP contribution is -2.40. The molecule has 1 fully saturated rings. The molecule has 0 aromatic rings. The molecule has 0 N–H and O–H groups in total. The number of carbonyl (C=O) groups is 2. The number of ether oxygens (including phenoxy) is 1. The van der Waals surface area contributed by atoms with Gasteiger partial charge in [0, 0.05) is 25.5 Å². The first-order valence-corrected chi connectivity index (χ1v) is 5.61. The molecule has 0 atom stereocenters. The zero-order valence-electron chi connectivity index (χ0n) is 8.69. The van der Waals surface area contributed by atoms with E-state index in [1.165, 1.54) is 0 Å². The van der Waals surface area contributed by atoms with Crippen molar-refractivity contribution in [3.05, 3.63) is 0 Å². The number of hydrogen-bond donors (Lipinski definition) is 0. The molecule has 0 bridgehead atoms. The van der Waals surface area contributed by atoms with Gasteiger partial charge in [0.05, 0.1) is 6.54 Å². The van der Waals surface area contributed by atoms with Crippen LogP contribution in [0.5, 0.6) is 0 Å². The molecule has 2 aliphatic heterocycles. The van der Waals surface area contributed by atoms with Crippen LogP contribution in [0.15, 0.2) is 4.99 Å². The molecule has 7 heteroatoms. The predicted molar refractivity (Wildman–Crippen MR) is 57.7 cm³/mol. The molecule has 1 saturated heterocycles. The highest BCUT2D eigenvalue weighted by molar-refractivity contribution is 6.38. The summed E-state index contributed by atoms with van der Waals surface area (Å²) < 4.78 is 5.03. The number of nitrogens with zero attached hydrogens (tertiary/aromatic N) is 3. The highest BCUT2D eigenvalue weighted by atomic mass is 35.5. The van der Waals surface area contributed by atoms with E-state index in [1.807, 2.05) is 0 Å². The molecule has 0 radical (unpaired) electrons. The number of rotatable bonds is 3. The molecule has 6 nitrogen and oxygen atoms in total. The lowest BCUT2D eigenvalue weighted by Gasteiger charge is -2.15. The number of alkyl halides is 1. The first-order chi connectivity index (χ1) is 7.74. The van der Waals surface area contributed by atoms with Gasteiger partial charge in [0.25, 0.3) is 5.90 Å². The van der Waals surface area contributed by atoms with Gasteiger partial charge in [0.15, 0.2) is 0 Å². The van der Waals surface area contributed by atoms with Gasteiger partial charge in [0.1, 0.15) is 6.61 Å². The van der Waals surface area contributed by atoms with Crippen LogP contribution in [-0.2, 0) is 9.53 Å². The van der Waals surface area contributed by atoms with Crippen LogP contribution < -0.4 is 0 Å². The third kappa shape index (κ3) is 1.97. The van der Waals surface area contributed by atoms with E-state index >= 15 is 0 Å². The van der Waals surface area contributed by atoms with Crippen LogP contribution >= 0.6 is 11.6 Å². The van der Waals surface area contributed by atoms with E-state index in [2.05, 4.69) is 4.99 Å². The molecular weight excluding hydrogens is 234 g/mol. The maximum atomic E-state index is 11.8. The number of halogens is 1. The number of amides is 3. The Kier molecular flexibility index (Phi) is 3.28. The standard InChI is InChI=1S/C9H12ClN3O3/c10-1-3-12-4-5-13(9(12)15)8(14)7-11-2-6-16-7/h1-6H2. The molecule has 0 saturated carbocycles. The lowest BCUT2D eigenvalue weighted by atomic mass is 10.5. The number of imide groups is 1. The molecule has 2 aliphatic rings. The molecule has 0 unspecified atom stereocenters. The lowest BCUT2D eigenvalue weighted by molar-refractivity contribution is -0.122. The van der Waals surface area contributed by atoms with Crippen molar-refractivity contribution in [1.82, 2.24) is 9.80 Å². The monoisotopic (exact) mass is 245 g/mol. The molecule has 0 aliphatic carbocycles. The second-order valence-electron chi connectivity index (χ2n) is 3.45. The smallest absolute Gasteiger partial charge is 0.327 e. The van der Waals surface area contributed by atoms with Gasteiger partial charge in [0.2, 0.25) is 0 Å².